The van der Waals surface area contributed by atoms with E-state index in [1.165, 1.54) is 11.9 Å². The van der Waals surface area contributed by atoms with Crippen molar-refractivity contribution in [2.75, 3.05) is 5.88 Å². The van der Waals surface area contributed by atoms with Gasteiger partial charge in [-0.1, -0.05) is 25.4 Å². The molecule has 1 unspecified atom stereocenters. The van der Waals surface area contributed by atoms with Crippen LogP contribution in [0, 0.1) is 5.41 Å². The second kappa shape index (κ2) is 4.14. The van der Waals surface area contributed by atoms with E-state index < -0.39 is 0 Å². The minimum atomic E-state index is 0.369. The van der Waals surface area contributed by atoms with E-state index in [2.05, 4.69) is 29.5 Å². The summed E-state index contributed by atoms with van der Waals surface area (Å²) in [5, 5.41) is 0.736. The number of hydrogen-bond acceptors (Lipinski definition) is 1. The maximum atomic E-state index is 6.03. The van der Waals surface area contributed by atoms with Crippen molar-refractivity contribution in [1.82, 2.24) is 9.55 Å². The van der Waals surface area contributed by atoms with Crippen molar-refractivity contribution in [3.05, 3.63) is 29.0 Å². The van der Waals surface area contributed by atoms with E-state index >= 15 is 0 Å². The molecule has 1 atom stereocenters. The third kappa shape index (κ3) is 1.92. The first-order chi connectivity index (χ1) is 8.53. The number of fused-ring (bicyclic) bond motifs is 1. The fourth-order valence-corrected chi connectivity index (χ4v) is 2.95. The zero-order chi connectivity index (χ0) is 12.9. The lowest BCUT2D eigenvalue weighted by molar-refractivity contribution is 0.537. The van der Waals surface area contributed by atoms with Gasteiger partial charge in [0.15, 0.2) is 0 Å². The summed E-state index contributed by atoms with van der Waals surface area (Å²) in [5.41, 5.74) is 2.52. The molecule has 1 aliphatic carbocycles. The van der Waals surface area contributed by atoms with E-state index in [-0.39, 0.29) is 0 Å². The Hall–Kier alpha value is -0.730. The van der Waals surface area contributed by atoms with E-state index in [9.17, 15) is 0 Å². The van der Waals surface area contributed by atoms with Gasteiger partial charge in [-0.3, -0.25) is 0 Å². The number of rotatable bonds is 3. The van der Waals surface area contributed by atoms with Crippen molar-refractivity contribution in [2.24, 2.45) is 5.41 Å². The number of alkyl halides is 1. The summed E-state index contributed by atoms with van der Waals surface area (Å²) in [7, 11) is 0. The third-order valence-electron chi connectivity index (χ3n) is 3.82. The quantitative estimate of drug-likeness (QED) is 0.761. The lowest BCUT2D eigenvalue weighted by Crippen LogP contribution is -2.06. The first-order valence-electron chi connectivity index (χ1n) is 6.25. The Kier molecular flexibility index (Phi) is 2.83. The summed E-state index contributed by atoms with van der Waals surface area (Å²) in [6.45, 7) is 4.59. The zero-order valence-corrected chi connectivity index (χ0v) is 12.1. The summed E-state index contributed by atoms with van der Waals surface area (Å²) in [6, 6.07) is 6.47. The molecule has 0 saturated heterocycles. The summed E-state index contributed by atoms with van der Waals surface area (Å²) in [6.07, 6.45) is 2.01. The van der Waals surface area contributed by atoms with Gasteiger partial charge in [-0.2, -0.15) is 0 Å². The van der Waals surface area contributed by atoms with Gasteiger partial charge in [0.1, 0.15) is 5.82 Å². The highest BCUT2D eigenvalue weighted by atomic mass is 35.5. The van der Waals surface area contributed by atoms with Gasteiger partial charge in [-0.15, -0.1) is 11.6 Å². The number of halogens is 2. The lowest BCUT2D eigenvalue weighted by atomic mass is 10.2. The van der Waals surface area contributed by atoms with Gasteiger partial charge in [-0.05, 0) is 30.0 Å². The first kappa shape index (κ1) is 12.3. The van der Waals surface area contributed by atoms with E-state index in [1.54, 1.807) is 0 Å². The molecule has 1 aliphatic rings. The molecule has 0 bridgehead atoms. The summed E-state index contributed by atoms with van der Waals surface area (Å²) in [5.74, 6) is 1.68. The second-order valence-corrected chi connectivity index (χ2v) is 6.49. The highest BCUT2D eigenvalue weighted by molar-refractivity contribution is 6.31. The molecular formula is C14H16Cl2N2. The molecule has 0 amide bonds. The average Bonchev–Trinajstić information content (AvgIpc) is 2.78. The fourth-order valence-electron chi connectivity index (χ4n) is 2.61. The molecule has 18 heavy (non-hydrogen) atoms. The van der Waals surface area contributed by atoms with Gasteiger partial charge < -0.3 is 4.57 Å². The zero-order valence-electron chi connectivity index (χ0n) is 10.6. The molecule has 2 nitrogen and oxygen atoms in total. The molecule has 0 spiro atoms. The molecular weight excluding hydrogens is 267 g/mol. The minimum Gasteiger partial charge on any atom is -0.324 e. The van der Waals surface area contributed by atoms with E-state index in [4.69, 9.17) is 23.2 Å². The molecule has 2 aromatic rings. The van der Waals surface area contributed by atoms with Gasteiger partial charge in [0.05, 0.1) is 11.0 Å². The minimum absolute atomic E-state index is 0.369. The van der Waals surface area contributed by atoms with Crippen molar-refractivity contribution in [2.45, 2.75) is 32.7 Å². The Morgan fingerprint density at radius 3 is 2.78 bits per heavy atom. The van der Waals surface area contributed by atoms with Gasteiger partial charge >= 0.3 is 0 Å². The predicted molar refractivity (Wildman–Crippen MR) is 76.6 cm³/mol. The smallest absolute Gasteiger partial charge is 0.111 e. The van der Waals surface area contributed by atoms with E-state index in [1.807, 2.05) is 12.1 Å². The molecule has 1 saturated carbocycles. The highest BCUT2D eigenvalue weighted by Gasteiger charge is 2.48. The van der Waals surface area contributed by atoms with Crippen LogP contribution in [0.3, 0.4) is 0 Å². The Morgan fingerprint density at radius 2 is 2.17 bits per heavy atom. The largest absolute Gasteiger partial charge is 0.324 e. The molecule has 1 aromatic carbocycles. The van der Waals surface area contributed by atoms with Crippen LogP contribution in [0.5, 0.6) is 0 Å². The van der Waals surface area contributed by atoms with Crippen LogP contribution in [0.4, 0.5) is 0 Å². The van der Waals surface area contributed by atoms with Crippen LogP contribution in [0.2, 0.25) is 5.02 Å². The monoisotopic (exact) mass is 282 g/mol. The fraction of sp³-hybridized carbons (Fsp3) is 0.500. The van der Waals surface area contributed by atoms with Gasteiger partial charge in [0.2, 0.25) is 0 Å². The standard InChI is InChI=1S/C14H16Cl2N2/c1-14(2)8-12(14)18-11-4-3-9(16)7-10(11)17-13(18)5-6-15/h3-4,7,12H,5-6,8H2,1-2H3. The molecule has 0 radical (unpaired) electrons. The van der Waals surface area contributed by atoms with Crippen molar-refractivity contribution in [3.8, 4) is 0 Å². The number of hydrogen-bond donors (Lipinski definition) is 0. The van der Waals surface area contributed by atoms with Crippen molar-refractivity contribution in [3.63, 3.8) is 0 Å². The molecule has 96 valence electrons. The van der Waals surface area contributed by atoms with Gasteiger partial charge in [0.25, 0.3) is 0 Å². The first-order valence-corrected chi connectivity index (χ1v) is 7.16. The lowest BCUT2D eigenvalue weighted by Gasteiger charge is -2.10. The van der Waals surface area contributed by atoms with Crippen molar-refractivity contribution in [1.29, 1.82) is 0 Å². The molecule has 0 aliphatic heterocycles. The number of benzene rings is 1. The summed E-state index contributed by atoms with van der Waals surface area (Å²) < 4.78 is 2.36. The number of aryl methyl sites for hydroxylation is 1. The number of aromatic nitrogens is 2. The topological polar surface area (TPSA) is 17.8 Å². The molecule has 1 aromatic heterocycles. The SMILES string of the molecule is CC1(C)CC1n1c(CCCl)nc2cc(Cl)ccc21. The van der Waals surface area contributed by atoms with Crippen LogP contribution in [0.25, 0.3) is 11.0 Å². The third-order valence-corrected chi connectivity index (χ3v) is 4.24. The normalized spacial score (nSPS) is 21.4. The highest BCUT2D eigenvalue weighted by Crippen LogP contribution is 2.56. The average molecular weight is 283 g/mol. The molecule has 4 heteroatoms. The van der Waals surface area contributed by atoms with Crippen LogP contribution in [0.1, 0.15) is 32.1 Å². The predicted octanol–water partition coefficient (Wildman–Crippen LogP) is 4.44. The Morgan fingerprint density at radius 1 is 1.44 bits per heavy atom. The molecule has 1 heterocycles. The summed E-state index contributed by atoms with van der Waals surface area (Å²) >= 11 is 11.9. The van der Waals surface area contributed by atoms with Crippen LogP contribution in [0.15, 0.2) is 18.2 Å². The van der Waals surface area contributed by atoms with Crippen LogP contribution in [-0.2, 0) is 6.42 Å². The Labute approximate surface area is 117 Å². The van der Waals surface area contributed by atoms with E-state index in [0.717, 1.165) is 22.8 Å². The summed E-state index contributed by atoms with van der Waals surface area (Å²) in [4.78, 5) is 4.68. The number of nitrogens with zero attached hydrogens (tertiary/aromatic N) is 2. The van der Waals surface area contributed by atoms with Crippen LogP contribution in [-0.4, -0.2) is 15.4 Å². The Balaban J connectivity index is 2.17. The maximum Gasteiger partial charge on any atom is 0.111 e. The molecule has 1 fully saturated rings. The van der Waals surface area contributed by atoms with Gasteiger partial charge in [0, 0.05) is 23.4 Å². The second-order valence-electron chi connectivity index (χ2n) is 5.68. The molecule has 0 N–H and O–H groups in total. The van der Waals surface area contributed by atoms with Crippen molar-refractivity contribution >= 4 is 34.2 Å². The molecule has 3 rings (SSSR count). The Bertz CT molecular complexity index is 601. The van der Waals surface area contributed by atoms with Gasteiger partial charge in [-0.25, -0.2) is 4.98 Å². The van der Waals surface area contributed by atoms with Crippen LogP contribution >= 0.6 is 23.2 Å². The van der Waals surface area contributed by atoms with Crippen LogP contribution < -0.4 is 0 Å². The maximum absolute atomic E-state index is 6.03. The number of imidazole rings is 1. The van der Waals surface area contributed by atoms with E-state index in [0.29, 0.717) is 17.3 Å². The van der Waals surface area contributed by atoms with Crippen molar-refractivity contribution < 1.29 is 0 Å².